The molecule has 6 nitrogen and oxygen atoms in total. The monoisotopic (exact) mass is 458 g/mol. The van der Waals surface area contributed by atoms with Gasteiger partial charge < -0.3 is 10.1 Å². The Hall–Kier alpha value is -2.07. The zero-order valence-corrected chi connectivity index (χ0v) is 18.4. The highest BCUT2D eigenvalue weighted by Gasteiger charge is 2.34. The first-order valence-corrected chi connectivity index (χ1v) is 11.4. The number of halogens is 2. The van der Waals surface area contributed by atoms with E-state index in [0.29, 0.717) is 17.2 Å². The lowest BCUT2D eigenvalue weighted by molar-refractivity contribution is -0.123. The maximum Gasteiger partial charge on any atom is 0.387 e. The summed E-state index contributed by atoms with van der Waals surface area (Å²) in [5.74, 6) is 1.29. The van der Waals surface area contributed by atoms with Crippen LogP contribution in [0.25, 0.3) is 6.08 Å². The fourth-order valence-corrected chi connectivity index (χ4v) is 4.37. The standard InChI is InChI=1S/C20H24F2N2O4S2/c1-13(2)7-10-29-12-17(25)23-8-9-24-18(26)16(30-20(24)27)11-14-3-5-15(6-4-14)28-19(21)22/h3-6,11,13,19H,7-10,12H2,1-2H3,(H,23,25)/b16-11+. The molecule has 164 valence electrons. The number of carbonyl (C=O) groups is 3. The van der Waals surface area contributed by atoms with Crippen LogP contribution in [0.4, 0.5) is 13.6 Å². The van der Waals surface area contributed by atoms with E-state index >= 15 is 0 Å². The van der Waals surface area contributed by atoms with Gasteiger partial charge in [-0.1, -0.05) is 26.0 Å². The Labute approximate surface area is 182 Å². The quantitative estimate of drug-likeness (QED) is 0.395. The van der Waals surface area contributed by atoms with Crippen LogP contribution in [0, 0.1) is 5.92 Å². The van der Waals surface area contributed by atoms with Crippen LogP contribution in [-0.2, 0) is 9.59 Å². The van der Waals surface area contributed by atoms with Gasteiger partial charge in [-0.25, -0.2) is 0 Å². The molecule has 0 bridgehead atoms. The van der Waals surface area contributed by atoms with Crippen molar-refractivity contribution in [2.45, 2.75) is 26.9 Å². The van der Waals surface area contributed by atoms with Crippen LogP contribution in [-0.4, -0.2) is 53.2 Å². The van der Waals surface area contributed by atoms with Crippen molar-refractivity contribution in [1.82, 2.24) is 10.2 Å². The molecule has 0 unspecified atom stereocenters. The Morgan fingerprint density at radius 3 is 2.60 bits per heavy atom. The molecule has 0 spiro atoms. The van der Waals surface area contributed by atoms with Crippen LogP contribution in [0.15, 0.2) is 29.2 Å². The second-order valence-electron chi connectivity index (χ2n) is 6.87. The predicted octanol–water partition coefficient (Wildman–Crippen LogP) is 4.22. The van der Waals surface area contributed by atoms with E-state index < -0.39 is 17.8 Å². The molecule has 1 aromatic rings. The Morgan fingerprint density at radius 2 is 1.97 bits per heavy atom. The average molecular weight is 459 g/mol. The summed E-state index contributed by atoms with van der Waals surface area (Å²) in [6, 6.07) is 5.75. The van der Waals surface area contributed by atoms with E-state index in [4.69, 9.17) is 0 Å². The van der Waals surface area contributed by atoms with Gasteiger partial charge in [-0.05, 0) is 53.6 Å². The molecule has 0 atom stereocenters. The van der Waals surface area contributed by atoms with Crippen molar-refractivity contribution >= 4 is 46.7 Å². The number of benzene rings is 1. The molecule has 30 heavy (non-hydrogen) atoms. The normalized spacial score (nSPS) is 15.5. The molecule has 2 rings (SSSR count). The summed E-state index contributed by atoms with van der Waals surface area (Å²) in [4.78, 5) is 37.7. The Morgan fingerprint density at radius 1 is 1.27 bits per heavy atom. The minimum atomic E-state index is -2.91. The third-order valence-corrected chi connectivity index (χ3v) is 5.90. The first-order valence-electron chi connectivity index (χ1n) is 9.41. The summed E-state index contributed by atoms with van der Waals surface area (Å²) in [5.41, 5.74) is 0.578. The van der Waals surface area contributed by atoms with E-state index in [-0.39, 0.29) is 29.7 Å². The van der Waals surface area contributed by atoms with E-state index in [0.717, 1.165) is 28.8 Å². The minimum absolute atomic E-state index is 0.00775. The topological polar surface area (TPSA) is 75.7 Å². The highest BCUT2D eigenvalue weighted by Crippen LogP contribution is 2.32. The van der Waals surface area contributed by atoms with Crippen molar-refractivity contribution in [2.24, 2.45) is 5.92 Å². The number of hydrogen-bond donors (Lipinski definition) is 1. The van der Waals surface area contributed by atoms with Crippen molar-refractivity contribution in [1.29, 1.82) is 0 Å². The number of amides is 3. The number of nitrogens with zero attached hydrogens (tertiary/aromatic N) is 1. The molecule has 1 aliphatic rings. The van der Waals surface area contributed by atoms with Gasteiger partial charge in [0.1, 0.15) is 5.75 Å². The van der Waals surface area contributed by atoms with Crippen molar-refractivity contribution in [2.75, 3.05) is 24.6 Å². The molecule has 10 heteroatoms. The van der Waals surface area contributed by atoms with Gasteiger partial charge in [0.2, 0.25) is 5.91 Å². The number of imide groups is 1. The maximum atomic E-state index is 12.5. The van der Waals surface area contributed by atoms with Crippen molar-refractivity contribution in [3.8, 4) is 5.75 Å². The fraction of sp³-hybridized carbons (Fsp3) is 0.450. The first-order chi connectivity index (χ1) is 14.3. The van der Waals surface area contributed by atoms with Gasteiger partial charge in [-0.2, -0.15) is 20.5 Å². The summed E-state index contributed by atoms with van der Waals surface area (Å²) in [6.45, 7) is 1.62. The van der Waals surface area contributed by atoms with Gasteiger partial charge in [0.05, 0.1) is 10.7 Å². The average Bonchev–Trinajstić information content (AvgIpc) is 2.93. The van der Waals surface area contributed by atoms with Gasteiger partial charge in [0.25, 0.3) is 11.1 Å². The Bertz CT molecular complexity index is 786. The van der Waals surface area contributed by atoms with Crippen LogP contribution < -0.4 is 10.1 Å². The third-order valence-electron chi connectivity index (χ3n) is 4.01. The molecule has 0 aromatic heterocycles. The lowest BCUT2D eigenvalue weighted by atomic mass is 10.2. The van der Waals surface area contributed by atoms with Gasteiger partial charge >= 0.3 is 6.61 Å². The molecule has 0 aliphatic carbocycles. The lowest BCUT2D eigenvalue weighted by Crippen LogP contribution is -2.37. The Kier molecular flexibility index (Phi) is 9.64. The molecule has 0 saturated carbocycles. The predicted molar refractivity (Wildman–Crippen MR) is 116 cm³/mol. The lowest BCUT2D eigenvalue weighted by Gasteiger charge is -2.13. The number of rotatable bonds is 11. The molecule has 1 aliphatic heterocycles. The van der Waals surface area contributed by atoms with Crippen LogP contribution in [0.3, 0.4) is 0 Å². The van der Waals surface area contributed by atoms with Gasteiger partial charge in [0, 0.05) is 13.1 Å². The third kappa shape index (κ3) is 7.98. The molecule has 1 saturated heterocycles. The van der Waals surface area contributed by atoms with Crippen molar-refractivity contribution < 1.29 is 27.9 Å². The summed E-state index contributed by atoms with van der Waals surface area (Å²) in [6.07, 6.45) is 2.56. The molecular formula is C20H24F2N2O4S2. The molecule has 1 fully saturated rings. The maximum absolute atomic E-state index is 12.5. The zero-order valence-electron chi connectivity index (χ0n) is 16.7. The van der Waals surface area contributed by atoms with Crippen molar-refractivity contribution in [3.63, 3.8) is 0 Å². The highest BCUT2D eigenvalue weighted by atomic mass is 32.2. The summed E-state index contributed by atoms with van der Waals surface area (Å²) in [7, 11) is 0. The number of thioether (sulfide) groups is 2. The van der Waals surface area contributed by atoms with E-state index in [1.54, 1.807) is 11.8 Å². The van der Waals surface area contributed by atoms with Gasteiger partial charge in [-0.3, -0.25) is 19.3 Å². The SMILES string of the molecule is CC(C)CCSCC(=O)NCCN1C(=O)S/C(=C/c2ccc(OC(F)F)cc2)C1=O. The summed E-state index contributed by atoms with van der Waals surface area (Å²) < 4.78 is 28.7. The minimum Gasteiger partial charge on any atom is -0.435 e. The number of alkyl halides is 2. The number of nitrogens with one attached hydrogen (secondary N) is 1. The number of ether oxygens (including phenoxy) is 1. The van der Waals surface area contributed by atoms with Crippen LogP contribution in [0.5, 0.6) is 5.75 Å². The zero-order chi connectivity index (χ0) is 22.1. The smallest absolute Gasteiger partial charge is 0.387 e. The molecule has 3 amide bonds. The summed E-state index contributed by atoms with van der Waals surface area (Å²) in [5, 5.41) is 2.30. The highest BCUT2D eigenvalue weighted by molar-refractivity contribution is 8.18. The summed E-state index contributed by atoms with van der Waals surface area (Å²) >= 11 is 2.36. The fourth-order valence-electron chi connectivity index (χ4n) is 2.43. The Balaban J connectivity index is 1.81. The van der Waals surface area contributed by atoms with E-state index in [1.807, 2.05) is 0 Å². The van der Waals surface area contributed by atoms with Crippen molar-refractivity contribution in [3.05, 3.63) is 34.7 Å². The number of carbonyl (C=O) groups excluding carboxylic acids is 3. The molecule has 1 N–H and O–H groups in total. The number of hydrogen-bond acceptors (Lipinski definition) is 6. The van der Waals surface area contributed by atoms with Crippen LogP contribution in [0.1, 0.15) is 25.8 Å². The van der Waals surface area contributed by atoms with Crippen LogP contribution >= 0.6 is 23.5 Å². The van der Waals surface area contributed by atoms with E-state index in [9.17, 15) is 23.2 Å². The second kappa shape index (κ2) is 11.9. The van der Waals surface area contributed by atoms with Crippen LogP contribution in [0.2, 0.25) is 0 Å². The van der Waals surface area contributed by atoms with E-state index in [1.165, 1.54) is 30.3 Å². The van der Waals surface area contributed by atoms with E-state index in [2.05, 4.69) is 23.9 Å². The largest absolute Gasteiger partial charge is 0.435 e. The second-order valence-corrected chi connectivity index (χ2v) is 8.96. The molecular weight excluding hydrogens is 434 g/mol. The first kappa shape index (κ1) is 24.2. The molecule has 1 heterocycles. The van der Waals surface area contributed by atoms with Gasteiger partial charge in [0.15, 0.2) is 0 Å². The molecule has 1 aromatic carbocycles. The van der Waals surface area contributed by atoms with Gasteiger partial charge in [-0.15, -0.1) is 0 Å². The molecule has 0 radical (unpaired) electrons.